The zero-order chi connectivity index (χ0) is 9.61. The fraction of sp³-hybridized carbons (Fsp3) is 1.00. The molecule has 0 saturated carbocycles. The van der Waals surface area contributed by atoms with Crippen molar-refractivity contribution in [2.75, 3.05) is 6.54 Å². The van der Waals surface area contributed by atoms with Gasteiger partial charge in [-0.05, 0) is 18.8 Å². The van der Waals surface area contributed by atoms with Gasteiger partial charge >= 0.3 is 0 Å². The van der Waals surface area contributed by atoms with Crippen LogP contribution in [0.3, 0.4) is 0 Å². The van der Waals surface area contributed by atoms with E-state index in [1.165, 1.54) is 6.42 Å². The van der Waals surface area contributed by atoms with Gasteiger partial charge in [-0.25, -0.2) is 0 Å². The number of hydrogen-bond acceptors (Lipinski definition) is 2. The Hall–Kier alpha value is -0.0800. The highest BCUT2D eigenvalue weighted by Crippen LogP contribution is 2.18. The minimum Gasteiger partial charge on any atom is -0.389 e. The summed E-state index contributed by atoms with van der Waals surface area (Å²) >= 11 is 0. The first-order valence-corrected chi connectivity index (χ1v) is 4.96. The topological polar surface area (TPSA) is 46.2 Å². The van der Waals surface area contributed by atoms with Crippen molar-refractivity contribution in [3.8, 4) is 0 Å². The van der Waals surface area contributed by atoms with E-state index in [2.05, 4.69) is 13.8 Å². The molecule has 74 valence electrons. The molecule has 0 bridgehead atoms. The molecule has 0 aliphatic rings. The maximum absolute atomic E-state index is 9.82. The van der Waals surface area contributed by atoms with Crippen molar-refractivity contribution >= 4 is 0 Å². The smallest absolute Gasteiger partial charge is 0.0766 e. The van der Waals surface area contributed by atoms with E-state index in [4.69, 9.17) is 5.73 Å². The van der Waals surface area contributed by atoms with Crippen molar-refractivity contribution in [2.45, 2.75) is 52.1 Å². The van der Waals surface area contributed by atoms with E-state index in [-0.39, 0.29) is 0 Å². The molecule has 2 nitrogen and oxygen atoms in total. The molecule has 2 heteroatoms. The average molecular weight is 173 g/mol. The van der Waals surface area contributed by atoms with Gasteiger partial charge in [0.1, 0.15) is 0 Å². The van der Waals surface area contributed by atoms with Crippen LogP contribution < -0.4 is 5.73 Å². The summed E-state index contributed by atoms with van der Waals surface area (Å²) in [5.74, 6) is 0.726. The second-order valence-electron chi connectivity index (χ2n) is 4.07. The van der Waals surface area contributed by atoms with Gasteiger partial charge < -0.3 is 10.8 Å². The Balaban J connectivity index is 3.58. The van der Waals surface area contributed by atoms with Gasteiger partial charge in [-0.1, -0.05) is 33.6 Å². The monoisotopic (exact) mass is 173 g/mol. The lowest BCUT2D eigenvalue weighted by atomic mass is 9.92. The molecule has 12 heavy (non-hydrogen) atoms. The van der Waals surface area contributed by atoms with Gasteiger partial charge in [-0.2, -0.15) is 0 Å². The third kappa shape index (κ3) is 4.73. The van der Waals surface area contributed by atoms with E-state index in [0.717, 1.165) is 25.2 Å². The van der Waals surface area contributed by atoms with Crippen LogP contribution in [0.1, 0.15) is 46.5 Å². The highest BCUT2D eigenvalue weighted by Gasteiger charge is 2.21. The number of nitrogens with two attached hydrogens (primary N) is 1. The van der Waals surface area contributed by atoms with Gasteiger partial charge in [0.2, 0.25) is 0 Å². The van der Waals surface area contributed by atoms with Crippen LogP contribution in [-0.2, 0) is 0 Å². The summed E-state index contributed by atoms with van der Waals surface area (Å²) in [6.07, 6.45) is 3.88. The van der Waals surface area contributed by atoms with E-state index >= 15 is 0 Å². The first-order chi connectivity index (χ1) is 5.54. The molecule has 0 aromatic carbocycles. The first-order valence-electron chi connectivity index (χ1n) is 4.96. The molecule has 0 radical (unpaired) electrons. The van der Waals surface area contributed by atoms with Crippen molar-refractivity contribution in [1.82, 2.24) is 0 Å². The molecular formula is C10H23NO. The van der Waals surface area contributed by atoms with E-state index in [0.29, 0.717) is 6.54 Å². The molecule has 0 amide bonds. The van der Waals surface area contributed by atoms with E-state index in [1.54, 1.807) is 0 Å². The maximum atomic E-state index is 9.82. The number of hydrogen-bond donors (Lipinski definition) is 2. The Bertz CT molecular complexity index is 108. The standard InChI is InChI=1S/C10H23NO/c1-4-10(12,8-11)7-5-6-9(2)3/h9,12H,4-8,11H2,1-3H3. The molecule has 0 aliphatic carbocycles. The van der Waals surface area contributed by atoms with E-state index in [1.807, 2.05) is 6.92 Å². The SMILES string of the molecule is CCC(O)(CN)CCCC(C)C. The molecule has 1 unspecified atom stereocenters. The summed E-state index contributed by atoms with van der Waals surface area (Å²) in [5, 5.41) is 9.82. The van der Waals surface area contributed by atoms with Crippen LogP contribution in [0.15, 0.2) is 0 Å². The molecule has 0 heterocycles. The predicted octanol–water partition coefficient (Wildman–Crippen LogP) is 1.91. The van der Waals surface area contributed by atoms with Gasteiger partial charge in [-0.15, -0.1) is 0 Å². The lowest BCUT2D eigenvalue weighted by Gasteiger charge is -2.24. The van der Waals surface area contributed by atoms with Crippen LogP contribution in [0.25, 0.3) is 0 Å². The highest BCUT2D eigenvalue weighted by molar-refractivity contribution is 4.77. The van der Waals surface area contributed by atoms with Crippen molar-refractivity contribution in [3.05, 3.63) is 0 Å². The van der Waals surface area contributed by atoms with Crippen LogP contribution in [0.5, 0.6) is 0 Å². The normalized spacial score (nSPS) is 16.5. The molecule has 0 aliphatic heterocycles. The number of aliphatic hydroxyl groups is 1. The maximum Gasteiger partial charge on any atom is 0.0766 e. The lowest BCUT2D eigenvalue weighted by molar-refractivity contribution is 0.0331. The second-order valence-corrected chi connectivity index (χ2v) is 4.07. The Morgan fingerprint density at radius 1 is 1.42 bits per heavy atom. The Kier molecular flexibility index (Phi) is 5.51. The Labute approximate surface area is 76.2 Å². The number of rotatable bonds is 6. The summed E-state index contributed by atoms with van der Waals surface area (Å²) in [5.41, 5.74) is 4.88. The lowest BCUT2D eigenvalue weighted by Crippen LogP contribution is -2.36. The molecule has 0 aromatic rings. The van der Waals surface area contributed by atoms with Gasteiger partial charge in [0.25, 0.3) is 0 Å². The summed E-state index contributed by atoms with van der Waals surface area (Å²) < 4.78 is 0. The van der Waals surface area contributed by atoms with Gasteiger partial charge in [0.05, 0.1) is 5.60 Å². The minimum absolute atomic E-state index is 0.390. The van der Waals surface area contributed by atoms with Gasteiger partial charge in [0.15, 0.2) is 0 Å². The van der Waals surface area contributed by atoms with Crippen LogP contribution >= 0.6 is 0 Å². The Morgan fingerprint density at radius 3 is 2.33 bits per heavy atom. The average Bonchev–Trinajstić information content (AvgIpc) is 2.03. The molecule has 0 fully saturated rings. The summed E-state index contributed by atoms with van der Waals surface area (Å²) in [6.45, 7) is 6.78. The predicted molar refractivity (Wildman–Crippen MR) is 53.0 cm³/mol. The van der Waals surface area contributed by atoms with Gasteiger partial charge in [-0.3, -0.25) is 0 Å². The second kappa shape index (κ2) is 5.55. The third-order valence-corrected chi connectivity index (χ3v) is 2.46. The van der Waals surface area contributed by atoms with Crippen molar-refractivity contribution < 1.29 is 5.11 Å². The fourth-order valence-corrected chi connectivity index (χ4v) is 1.26. The van der Waals surface area contributed by atoms with Crippen LogP contribution in [0, 0.1) is 5.92 Å². The van der Waals surface area contributed by atoms with E-state index in [9.17, 15) is 5.11 Å². The minimum atomic E-state index is -0.602. The highest BCUT2D eigenvalue weighted by atomic mass is 16.3. The zero-order valence-electron chi connectivity index (χ0n) is 8.64. The van der Waals surface area contributed by atoms with Crippen molar-refractivity contribution in [3.63, 3.8) is 0 Å². The largest absolute Gasteiger partial charge is 0.389 e. The molecule has 0 spiro atoms. The quantitative estimate of drug-likeness (QED) is 0.644. The fourth-order valence-electron chi connectivity index (χ4n) is 1.26. The molecule has 0 saturated heterocycles. The zero-order valence-corrected chi connectivity index (χ0v) is 8.64. The molecular weight excluding hydrogens is 150 g/mol. The summed E-state index contributed by atoms with van der Waals surface area (Å²) in [6, 6.07) is 0. The molecule has 3 N–H and O–H groups in total. The van der Waals surface area contributed by atoms with Crippen molar-refractivity contribution in [1.29, 1.82) is 0 Å². The summed E-state index contributed by atoms with van der Waals surface area (Å²) in [7, 11) is 0. The van der Waals surface area contributed by atoms with E-state index < -0.39 is 5.60 Å². The van der Waals surface area contributed by atoms with Gasteiger partial charge in [0, 0.05) is 6.54 Å². The molecule has 0 aromatic heterocycles. The third-order valence-electron chi connectivity index (χ3n) is 2.46. The Morgan fingerprint density at radius 2 is 2.00 bits per heavy atom. The van der Waals surface area contributed by atoms with Crippen molar-refractivity contribution in [2.24, 2.45) is 11.7 Å². The molecule has 1 atom stereocenters. The van der Waals surface area contributed by atoms with Crippen LogP contribution in [0.4, 0.5) is 0 Å². The first kappa shape index (κ1) is 11.9. The molecule has 0 rings (SSSR count). The summed E-state index contributed by atoms with van der Waals surface area (Å²) in [4.78, 5) is 0. The van der Waals surface area contributed by atoms with Crippen LogP contribution in [-0.4, -0.2) is 17.3 Å². The van der Waals surface area contributed by atoms with Crippen LogP contribution in [0.2, 0.25) is 0 Å².